The first kappa shape index (κ1) is 16.6. The quantitative estimate of drug-likeness (QED) is 0.771. The van der Waals surface area contributed by atoms with Gasteiger partial charge < -0.3 is 4.90 Å². The van der Waals surface area contributed by atoms with Crippen LogP contribution in [-0.2, 0) is 11.3 Å². The topological polar surface area (TPSA) is 91.2 Å². The van der Waals surface area contributed by atoms with Gasteiger partial charge in [0.2, 0.25) is 5.91 Å². The fourth-order valence-corrected chi connectivity index (χ4v) is 4.21. The Kier molecular flexibility index (Phi) is 5.02. The maximum atomic E-state index is 13.0. The Hall–Kier alpha value is -1.88. The SMILES string of the molecule is O=C(C1CNNC1n1cnnn1)N1CCCN(Cc2cccs2)CC1. The third-order valence-corrected chi connectivity index (χ3v) is 5.64. The van der Waals surface area contributed by atoms with Gasteiger partial charge >= 0.3 is 0 Å². The lowest BCUT2D eigenvalue weighted by molar-refractivity contribution is -0.136. The average molecular weight is 362 g/mol. The first-order chi connectivity index (χ1) is 12.3. The van der Waals surface area contributed by atoms with E-state index < -0.39 is 0 Å². The van der Waals surface area contributed by atoms with Gasteiger partial charge in [0.05, 0.1) is 5.92 Å². The summed E-state index contributed by atoms with van der Waals surface area (Å²) < 4.78 is 1.60. The Balaban J connectivity index is 1.37. The molecular formula is C15H22N8OS. The molecule has 4 rings (SSSR count). The van der Waals surface area contributed by atoms with Gasteiger partial charge in [0.25, 0.3) is 0 Å². The van der Waals surface area contributed by atoms with Crippen LogP contribution in [0.5, 0.6) is 0 Å². The molecule has 134 valence electrons. The fourth-order valence-electron chi connectivity index (χ4n) is 3.46. The van der Waals surface area contributed by atoms with Crippen molar-refractivity contribution < 1.29 is 4.79 Å². The number of aromatic nitrogens is 4. The number of thiophene rings is 1. The van der Waals surface area contributed by atoms with Gasteiger partial charge in [-0.3, -0.25) is 15.1 Å². The van der Waals surface area contributed by atoms with E-state index in [9.17, 15) is 4.79 Å². The smallest absolute Gasteiger partial charge is 0.230 e. The second-order valence-corrected chi connectivity index (χ2v) is 7.43. The number of hydrogen-bond donors (Lipinski definition) is 2. The monoisotopic (exact) mass is 362 g/mol. The van der Waals surface area contributed by atoms with Crippen LogP contribution in [0.3, 0.4) is 0 Å². The fraction of sp³-hybridized carbons (Fsp3) is 0.600. The van der Waals surface area contributed by atoms with Gasteiger partial charge in [0.15, 0.2) is 0 Å². The maximum Gasteiger partial charge on any atom is 0.230 e. The number of amides is 1. The molecule has 2 aliphatic rings. The molecule has 2 aliphatic heterocycles. The van der Waals surface area contributed by atoms with Gasteiger partial charge in [-0.15, -0.1) is 16.4 Å². The van der Waals surface area contributed by atoms with Crippen LogP contribution in [0.1, 0.15) is 17.5 Å². The summed E-state index contributed by atoms with van der Waals surface area (Å²) in [6.45, 7) is 5.06. The molecule has 10 heteroatoms. The van der Waals surface area contributed by atoms with Crippen molar-refractivity contribution in [2.24, 2.45) is 5.92 Å². The molecule has 0 saturated carbocycles. The highest BCUT2D eigenvalue weighted by atomic mass is 32.1. The predicted molar refractivity (Wildman–Crippen MR) is 92.3 cm³/mol. The third-order valence-electron chi connectivity index (χ3n) is 4.78. The number of hydrogen-bond acceptors (Lipinski definition) is 8. The summed E-state index contributed by atoms with van der Waals surface area (Å²) in [5, 5.41) is 13.4. The number of tetrazole rings is 1. The van der Waals surface area contributed by atoms with Crippen LogP contribution in [0.25, 0.3) is 0 Å². The Bertz CT molecular complexity index is 676. The van der Waals surface area contributed by atoms with Crippen molar-refractivity contribution in [2.75, 3.05) is 32.7 Å². The van der Waals surface area contributed by atoms with Gasteiger partial charge in [-0.25, -0.2) is 10.1 Å². The standard InChI is InChI=1S/C15H22N8OS/c24-15(13-9-16-18-14(13)23-11-17-19-20-23)22-5-2-4-21(6-7-22)10-12-3-1-8-25-12/h1,3,8,11,13-14,16,18H,2,4-7,9-10H2. The Morgan fingerprint density at radius 3 is 3.08 bits per heavy atom. The molecule has 0 aromatic carbocycles. The molecule has 25 heavy (non-hydrogen) atoms. The molecule has 0 spiro atoms. The van der Waals surface area contributed by atoms with E-state index in [1.165, 1.54) is 11.2 Å². The highest BCUT2D eigenvalue weighted by Gasteiger charge is 2.37. The van der Waals surface area contributed by atoms with E-state index >= 15 is 0 Å². The molecule has 1 amide bonds. The number of carbonyl (C=O) groups is 1. The van der Waals surface area contributed by atoms with E-state index in [0.29, 0.717) is 6.54 Å². The summed E-state index contributed by atoms with van der Waals surface area (Å²) in [4.78, 5) is 18.8. The van der Waals surface area contributed by atoms with Crippen LogP contribution >= 0.6 is 11.3 Å². The van der Waals surface area contributed by atoms with Gasteiger partial charge in [-0.1, -0.05) is 6.07 Å². The van der Waals surface area contributed by atoms with E-state index in [-0.39, 0.29) is 18.0 Å². The minimum atomic E-state index is -0.243. The summed E-state index contributed by atoms with van der Waals surface area (Å²) >= 11 is 1.79. The second kappa shape index (κ2) is 7.56. The molecule has 2 aromatic heterocycles. The molecule has 0 radical (unpaired) electrons. The first-order valence-electron chi connectivity index (χ1n) is 8.55. The summed E-state index contributed by atoms with van der Waals surface area (Å²) in [5.74, 6) is -0.0386. The van der Waals surface area contributed by atoms with Crippen LogP contribution in [0.2, 0.25) is 0 Å². The molecule has 2 fully saturated rings. The molecule has 4 heterocycles. The molecular weight excluding hydrogens is 340 g/mol. The van der Waals surface area contributed by atoms with Crippen molar-refractivity contribution in [2.45, 2.75) is 19.1 Å². The van der Waals surface area contributed by atoms with E-state index in [1.807, 2.05) is 4.90 Å². The van der Waals surface area contributed by atoms with Crippen molar-refractivity contribution in [3.05, 3.63) is 28.7 Å². The highest BCUT2D eigenvalue weighted by molar-refractivity contribution is 7.09. The van der Waals surface area contributed by atoms with Crippen molar-refractivity contribution in [1.29, 1.82) is 0 Å². The van der Waals surface area contributed by atoms with Crippen LogP contribution in [-0.4, -0.2) is 68.6 Å². The Labute approximate surface area is 150 Å². The molecule has 2 saturated heterocycles. The number of hydrazine groups is 1. The van der Waals surface area contributed by atoms with Gasteiger partial charge in [-0.05, 0) is 28.3 Å². The highest BCUT2D eigenvalue weighted by Crippen LogP contribution is 2.21. The lowest BCUT2D eigenvalue weighted by atomic mass is 10.1. The molecule has 0 aliphatic carbocycles. The zero-order chi connectivity index (χ0) is 17.1. The van der Waals surface area contributed by atoms with Crippen molar-refractivity contribution >= 4 is 17.2 Å². The molecule has 2 N–H and O–H groups in total. The van der Waals surface area contributed by atoms with E-state index in [4.69, 9.17) is 0 Å². The van der Waals surface area contributed by atoms with Crippen LogP contribution < -0.4 is 10.9 Å². The van der Waals surface area contributed by atoms with E-state index in [2.05, 4.69) is 48.8 Å². The molecule has 2 unspecified atom stereocenters. The van der Waals surface area contributed by atoms with Gasteiger partial charge in [0.1, 0.15) is 12.5 Å². The number of rotatable bonds is 4. The van der Waals surface area contributed by atoms with Crippen molar-refractivity contribution in [3.8, 4) is 0 Å². The summed E-state index contributed by atoms with van der Waals surface area (Å²) in [5.41, 5.74) is 6.16. The third kappa shape index (κ3) is 3.71. The average Bonchev–Trinajstić information content (AvgIpc) is 3.35. The van der Waals surface area contributed by atoms with Crippen molar-refractivity contribution in [3.63, 3.8) is 0 Å². The van der Waals surface area contributed by atoms with E-state index in [1.54, 1.807) is 16.0 Å². The first-order valence-corrected chi connectivity index (χ1v) is 9.43. The Morgan fingerprint density at radius 2 is 2.28 bits per heavy atom. The number of carbonyl (C=O) groups excluding carboxylic acids is 1. The molecule has 2 atom stereocenters. The molecule has 2 aromatic rings. The van der Waals surface area contributed by atoms with Gasteiger partial charge in [-0.2, -0.15) is 0 Å². The van der Waals surface area contributed by atoms with E-state index in [0.717, 1.165) is 39.1 Å². The Morgan fingerprint density at radius 1 is 1.32 bits per heavy atom. The predicted octanol–water partition coefficient (Wildman–Crippen LogP) is -0.308. The second-order valence-electron chi connectivity index (χ2n) is 6.40. The largest absolute Gasteiger partial charge is 0.341 e. The lowest BCUT2D eigenvalue weighted by Gasteiger charge is -2.26. The number of nitrogens with zero attached hydrogens (tertiary/aromatic N) is 6. The maximum absolute atomic E-state index is 13.0. The zero-order valence-electron chi connectivity index (χ0n) is 13.9. The summed E-state index contributed by atoms with van der Waals surface area (Å²) in [6, 6.07) is 4.26. The minimum Gasteiger partial charge on any atom is -0.341 e. The van der Waals surface area contributed by atoms with Gasteiger partial charge in [0, 0.05) is 44.1 Å². The lowest BCUT2D eigenvalue weighted by Crippen LogP contribution is -2.42. The van der Waals surface area contributed by atoms with Crippen LogP contribution in [0.4, 0.5) is 0 Å². The van der Waals surface area contributed by atoms with Crippen LogP contribution in [0, 0.1) is 5.92 Å². The number of nitrogens with one attached hydrogen (secondary N) is 2. The van der Waals surface area contributed by atoms with Crippen LogP contribution in [0.15, 0.2) is 23.8 Å². The zero-order valence-corrected chi connectivity index (χ0v) is 14.7. The summed E-state index contributed by atoms with van der Waals surface area (Å²) in [7, 11) is 0. The molecule has 9 nitrogen and oxygen atoms in total. The van der Waals surface area contributed by atoms with Crippen molar-refractivity contribution in [1.82, 2.24) is 40.9 Å². The summed E-state index contributed by atoms with van der Waals surface area (Å²) in [6.07, 6.45) is 2.30. The normalized spacial score (nSPS) is 25.2. The molecule has 0 bridgehead atoms. The minimum absolute atomic E-state index is 0.163.